The Hall–Kier alpha value is -2.06. The van der Waals surface area contributed by atoms with E-state index in [2.05, 4.69) is 9.47 Å². The Balaban J connectivity index is 4.42. The second kappa shape index (κ2) is 9.06. The van der Waals surface area contributed by atoms with Gasteiger partial charge in [0.2, 0.25) is 0 Å². The molecule has 0 fully saturated rings. The minimum Gasteiger partial charge on any atom is -0.389 e. The molecule has 4 N–H and O–H groups in total. The fourth-order valence-electron chi connectivity index (χ4n) is 1.08. The van der Waals surface area contributed by atoms with Crippen LogP contribution in [0.25, 0.3) is 0 Å². The zero-order valence-electron chi connectivity index (χ0n) is 13.1. The first-order chi connectivity index (χ1) is 10.1. The van der Waals surface area contributed by atoms with Gasteiger partial charge in [-0.05, 0) is 11.8 Å². The second-order valence-corrected chi connectivity index (χ2v) is 5.35. The van der Waals surface area contributed by atoms with Gasteiger partial charge in [0.05, 0.1) is 0 Å². The topological polar surface area (TPSA) is 139 Å². The average molecular weight is 314 g/mol. The zero-order chi connectivity index (χ0) is 17.4. The van der Waals surface area contributed by atoms with Gasteiger partial charge in [-0.25, -0.2) is 19.2 Å². The van der Waals surface area contributed by atoms with Crippen molar-refractivity contribution in [2.75, 3.05) is 0 Å². The number of hydrogen-bond donors (Lipinski definition) is 2. The number of carbonyl (C=O) groups excluding carboxylic acids is 4. The first-order valence-electron chi connectivity index (χ1n) is 6.76. The summed E-state index contributed by atoms with van der Waals surface area (Å²) in [6, 6.07) is -1.90. The normalized spacial score (nSPS) is 14.0. The minimum atomic E-state index is -1.08. The van der Waals surface area contributed by atoms with Gasteiger partial charge in [-0.3, -0.25) is 0 Å². The Morgan fingerprint density at radius 2 is 1.00 bits per heavy atom. The molecule has 0 saturated carbocycles. The van der Waals surface area contributed by atoms with Crippen LogP contribution in [0.1, 0.15) is 27.7 Å². The molecule has 0 heterocycles. The molecule has 0 radical (unpaired) electrons. The molecule has 0 aliphatic carbocycles. The van der Waals surface area contributed by atoms with Gasteiger partial charge in [-0.15, -0.1) is 0 Å². The van der Waals surface area contributed by atoms with E-state index in [0.29, 0.717) is 12.2 Å². The molecule has 0 spiro atoms. The summed E-state index contributed by atoms with van der Waals surface area (Å²) in [4.78, 5) is 45.4. The van der Waals surface area contributed by atoms with Crippen LogP contribution in [-0.4, -0.2) is 36.0 Å². The summed E-state index contributed by atoms with van der Waals surface area (Å²) < 4.78 is 8.81. The van der Waals surface area contributed by atoms with Crippen LogP contribution in [0.2, 0.25) is 0 Å². The van der Waals surface area contributed by atoms with Gasteiger partial charge in [-0.1, -0.05) is 27.7 Å². The Labute approximate surface area is 128 Å². The SMILES string of the molecule is CC(C)[C@H](N)C(=O)OC(=O)/C=C\C(=O)OC(=O)[C@@H](N)C(C)C. The van der Waals surface area contributed by atoms with Gasteiger partial charge in [0.15, 0.2) is 0 Å². The first-order valence-corrected chi connectivity index (χ1v) is 6.76. The van der Waals surface area contributed by atoms with E-state index in [-0.39, 0.29) is 11.8 Å². The van der Waals surface area contributed by atoms with Crippen molar-refractivity contribution in [3.63, 3.8) is 0 Å². The third-order valence-corrected chi connectivity index (χ3v) is 2.74. The molecule has 0 unspecified atom stereocenters. The van der Waals surface area contributed by atoms with Gasteiger partial charge in [0, 0.05) is 12.2 Å². The van der Waals surface area contributed by atoms with E-state index in [1.54, 1.807) is 27.7 Å². The van der Waals surface area contributed by atoms with Crippen molar-refractivity contribution in [1.82, 2.24) is 0 Å². The number of hydrogen-bond acceptors (Lipinski definition) is 8. The van der Waals surface area contributed by atoms with Crippen LogP contribution >= 0.6 is 0 Å². The smallest absolute Gasteiger partial charge is 0.338 e. The highest BCUT2D eigenvalue weighted by Gasteiger charge is 2.22. The molecular weight excluding hydrogens is 292 g/mol. The third kappa shape index (κ3) is 7.09. The van der Waals surface area contributed by atoms with E-state index in [4.69, 9.17) is 11.5 Å². The number of rotatable bonds is 6. The maximum atomic E-state index is 11.4. The van der Waals surface area contributed by atoms with Crippen molar-refractivity contribution in [3.8, 4) is 0 Å². The van der Waals surface area contributed by atoms with E-state index in [1.165, 1.54) is 0 Å². The Kier molecular flexibility index (Phi) is 8.21. The van der Waals surface area contributed by atoms with E-state index in [9.17, 15) is 19.2 Å². The maximum Gasteiger partial charge on any atom is 0.338 e. The van der Waals surface area contributed by atoms with E-state index < -0.39 is 36.0 Å². The Bertz CT molecular complexity index is 428. The summed E-state index contributed by atoms with van der Waals surface area (Å²) in [5.41, 5.74) is 11.0. The molecule has 8 nitrogen and oxygen atoms in total. The van der Waals surface area contributed by atoms with Crippen LogP contribution < -0.4 is 11.5 Å². The predicted octanol–water partition coefficient (Wildman–Crippen LogP) is -0.351. The molecule has 2 atom stereocenters. The summed E-state index contributed by atoms with van der Waals surface area (Å²) in [5.74, 6) is -4.39. The van der Waals surface area contributed by atoms with Crippen LogP contribution in [0, 0.1) is 11.8 Å². The fraction of sp³-hybridized carbons (Fsp3) is 0.571. The summed E-state index contributed by atoms with van der Waals surface area (Å²) in [6.45, 7) is 6.75. The van der Waals surface area contributed by atoms with Gasteiger partial charge in [0.1, 0.15) is 12.1 Å². The monoisotopic (exact) mass is 314 g/mol. The lowest BCUT2D eigenvalue weighted by atomic mass is 10.1. The molecule has 8 heteroatoms. The maximum absolute atomic E-state index is 11.4. The second-order valence-electron chi connectivity index (χ2n) is 5.35. The minimum absolute atomic E-state index is 0.204. The zero-order valence-corrected chi connectivity index (χ0v) is 13.1. The van der Waals surface area contributed by atoms with Crippen molar-refractivity contribution in [3.05, 3.63) is 12.2 Å². The van der Waals surface area contributed by atoms with Crippen molar-refractivity contribution in [1.29, 1.82) is 0 Å². The molecule has 0 aliphatic heterocycles. The highest BCUT2D eigenvalue weighted by Crippen LogP contribution is 2.02. The lowest BCUT2D eigenvalue weighted by Crippen LogP contribution is -2.38. The fourth-order valence-corrected chi connectivity index (χ4v) is 1.08. The highest BCUT2D eigenvalue weighted by molar-refractivity contribution is 6.00. The molecule has 0 aromatic carbocycles. The summed E-state index contributed by atoms with van der Waals surface area (Å²) >= 11 is 0. The van der Waals surface area contributed by atoms with Crippen LogP contribution in [0.4, 0.5) is 0 Å². The summed E-state index contributed by atoms with van der Waals surface area (Å²) in [6.07, 6.45) is 1.34. The first kappa shape index (κ1) is 19.9. The molecule has 0 bridgehead atoms. The van der Waals surface area contributed by atoms with Crippen molar-refractivity contribution in [2.24, 2.45) is 23.3 Å². The van der Waals surface area contributed by atoms with Gasteiger partial charge in [0.25, 0.3) is 0 Å². The Morgan fingerprint density at radius 1 is 0.727 bits per heavy atom. The van der Waals surface area contributed by atoms with E-state index >= 15 is 0 Å². The summed E-state index contributed by atoms with van der Waals surface area (Å²) in [7, 11) is 0. The van der Waals surface area contributed by atoms with Gasteiger partial charge >= 0.3 is 23.9 Å². The van der Waals surface area contributed by atoms with Crippen molar-refractivity contribution in [2.45, 2.75) is 39.8 Å². The van der Waals surface area contributed by atoms with Crippen molar-refractivity contribution < 1.29 is 28.7 Å². The van der Waals surface area contributed by atoms with Crippen LogP contribution in [0.5, 0.6) is 0 Å². The third-order valence-electron chi connectivity index (χ3n) is 2.74. The molecule has 0 aliphatic rings. The molecule has 0 rings (SSSR count). The number of esters is 4. The van der Waals surface area contributed by atoms with Gasteiger partial charge < -0.3 is 20.9 Å². The van der Waals surface area contributed by atoms with Gasteiger partial charge in [-0.2, -0.15) is 0 Å². The summed E-state index contributed by atoms with van der Waals surface area (Å²) in [5, 5.41) is 0. The van der Waals surface area contributed by atoms with Crippen molar-refractivity contribution >= 4 is 23.9 Å². The quantitative estimate of drug-likeness (QED) is 0.385. The molecule has 0 saturated heterocycles. The van der Waals surface area contributed by atoms with Crippen LogP contribution in [0.15, 0.2) is 12.2 Å². The molecule has 22 heavy (non-hydrogen) atoms. The lowest BCUT2D eigenvalue weighted by molar-refractivity contribution is -0.160. The molecule has 0 amide bonds. The van der Waals surface area contributed by atoms with Crippen LogP contribution in [0.3, 0.4) is 0 Å². The van der Waals surface area contributed by atoms with Crippen LogP contribution in [-0.2, 0) is 28.7 Å². The van der Waals surface area contributed by atoms with E-state index in [0.717, 1.165) is 0 Å². The Morgan fingerprint density at radius 3 is 1.23 bits per heavy atom. The average Bonchev–Trinajstić information content (AvgIpc) is 2.42. The lowest BCUT2D eigenvalue weighted by Gasteiger charge is -2.12. The molecule has 0 aromatic heterocycles. The number of ether oxygens (including phenoxy) is 2. The molecule has 124 valence electrons. The van der Waals surface area contributed by atoms with E-state index in [1.807, 2.05) is 0 Å². The molecule has 0 aromatic rings. The standard InChI is InChI=1S/C14H22N2O6/c1-7(2)11(15)13(19)21-9(17)5-6-10(18)22-14(20)12(16)8(3)4/h5-8,11-12H,15-16H2,1-4H3/b6-5-/t11-,12-/m0/s1. The highest BCUT2D eigenvalue weighted by atomic mass is 16.6. The largest absolute Gasteiger partial charge is 0.389 e. The molecular formula is C14H22N2O6. The predicted molar refractivity (Wildman–Crippen MR) is 77.0 cm³/mol. The number of nitrogens with two attached hydrogens (primary N) is 2. The number of carbonyl (C=O) groups is 4.